The fourth-order valence-electron chi connectivity index (χ4n) is 2.22. The lowest BCUT2D eigenvalue weighted by Gasteiger charge is -2.12. The van der Waals surface area contributed by atoms with E-state index in [-0.39, 0.29) is 30.6 Å². The number of methoxy groups -OCH3 is 1. The second kappa shape index (κ2) is 11.5. The zero-order chi connectivity index (χ0) is 20.4. The van der Waals surface area contributed by atoms with Crippen LogP contribution in [0.25, 0.3) is 0 Å². The van der Waals surface area contributed by atoms with Gasteiger partial charge in [-0.15, -0.1) is 11.8 Å². The van der Waals surface area contributed by atoms with Crippen molar-refractivity contribution in [2.75, 3.05) is 37.1 Å². The Bertz CT molecular complexity index is 801. The average Bonchev–Trinajstić information content (AvgIpc) is 2.68. The highest BCUT2D eigenvalue weighted by Crippen LogP contribution is 2.31. The van der Waals surface area contributed by atoms with Gasteiger partial charge < -0.3 is 19.5 Å². The number of halogens is 1. The predicted molar refractivity (Wildman–Crippen MR) is 112 cm³/mol. The number of benzene rings is 2. The van der Waals surface area contributed by atoms with Gasteiger partial charge in [-0.2, -0.15) is 0 Å². The number of para-hydroxylation sites is 1. The molecular formula is C20H22ClNO5S. The van der Waals surface area contributed by atoms with Crippen molar-refractivity contribution >= 4 is 40.9 Å². The summed E-state index contributed by atoms with van der Waals surface area (Å²) in [6, 6.07) is 12.7. The molecule has 150 valence electrons. The van der Waals surface area contributed by atoms with Gasteiger partial charge in [0.25, 0.3) is 0 Å². The molecule has 0 heterocycles. The van der Waals surface area contributed by atoms with Crippen molar-refractivity contribution in [3.8, 4) is 11.5 Å². The van der Waals surface area contributed by atoms with Gasteiger partial charge in [0.15, 0.2) is 0 Å². The summed E-state index contributed by atoms with van der Waals surface area (Å²) >= 11 is 7.22. The van der Waals surface area contributed by atoms with Gasteiger partial charge in [0.1, 0.15) is 24.7 Å². The lowest BCUT2D eigenvalue weighted by molar-refractivity contribution is -0.141. The van der Waals surface area contributed by atoms with E-state index in [1.807, 2.05) is 37.3 Å². The third kappa shape index (κ3) is 7.32. The maximum absolute atomic E-state index is 12.1. The summed E-state index contributed by atoms with van der Waals surface area (Å²) < 4.78 is 15.7. The Balaban J connectivity index is 1.65. The zero-order valence-corrected chi connectivity index (χ0v) is 17.3. The molecule has 0 bridgehead atoms. The van der Waals surface area contributed by atoms with E-state index in [0.717, 1.165) is 11.3 Å². The van der Waals surface area contributed by atoms with Crippen LogP contribution in [0, 0.1) is 6.92 Å². The van der Waals surface area contributed by atoms with Crippen molar-refractivity contribution in [1.82, 2.24) is 0 Å². The minimum absolute atomic E-state index is 0.0789. The summed E-state index contributed by atoms with van der Waals surface area (Å²) in [7, 11) is 1.50. The van der Waals surface area contributed by atoms with Crippen LogP contribution in [0.3, 0.4) is 0 Å². The maximum atomic E-state index is 12.1. The van der Waals surface area contributed by atoms with Crippen molar-refractivity contribution in [3.63, 3.8) is 0 Å². The number of thioether (sulfide) groups is 1. The molecule has 0 unspecified atom stereocenters. The number of hydrogen-bond donors (Lipinski definition) is 1. The van der Waals surface area contributed by atoms with E-state index < -0.39 is 5.97 Å². The third-order valence-electron chi connectivity index (χ3n) is 3.57. The number of aryl methyl sites for hydroxylation is 1. The molecular weight excluding hydrogens is 402 g/mol. The molecule has 0 spiro atoms. The van der Waals surface area contributed by atoms with Crippen LogP contribution in [-0.2, 0) is 14.3 Å². The molecule has 0 saturated carbocycles. The molecule has 0 aliphatic carbocycles. The van der Waals surface area contributed by atoms with Crippen molar-refractivity contribution in [2.24, 2.45) is 0 Å². The zero-order valence-electron chi connectivity index (χ0n) is 15.7. The first-order valence-electron chi connectivity index (χ1n) is 8.55. The van der Waals surface area contributed by atoms with Crippen LogP contribution in [0.5, 0.6) is 11.5 Å². The Morgan fingerprint density at radius 3 is 2.57 bits per heavy atom. The SMILES string of the molecule is COc1cc(Cl)c(C)cc1NC(=O)CSCC(=O)OCCOc1ccccc1. The van der Waals surface area contributed by atoms with Crippen LogP contribution in [-0.4, -0.2) is 43.7 Å². The molecule has 0 atom stereocenters. The summed E-state index contributed by atoms with van der Waals surface area (Å²) in [6.07, 6.45) is 0. The Hall–Kier alpha value is -2.38. The first-order chi connectivity index (χ1) is 13.5. The Kier molecular flexibility index (Phi) is 8.97. The van der Waals surface area contributed by atoms with E-state index >= 15 is 0 Å². The second-order valence-electron chi connectivity index (χ2n) is 5.72. The fraction of sp³-hybridized carbons (Fsp3) is 0.300. The monoisotopic (exact) mass is 423 g/mol. The quantitative estimate of drug-likeness (QED) is 0.460. The van der Waals surface area contributed by atoms with E-state index in [4.69, 9.17) is 25.8 Å². The van der Waals surface area contributed by atoms with Crippen LogP contribution < -0.4 is 14.8 Å². The number of ether oxygens (including phenoxy) is 3. The molecule has 2 aromatic rings. The number of hydrogen-bond acceptors (Lipinski definition) is 6. The lowest BCUT2D eigenvalue weighted by atomic mass is 10.2. The number of nitrogens with one attached hydrogen (secondary N) is 1. The van der Waals surface area contributed by atoms with Gasteiger partial charge in [-0.25, -0.2) is 0 Å². The van der Waals surface area contributed by atoms with Crippen molar-refractivity contribution in [2.45, 2.75) is 6.92 Å². The molecule has 2 rings (SSSR count). The number of rotatable bonds is 10. The maximum Gasteiger partial charge on any atom is 0.316 e. The molecule has 0 aromatic heterocycles. The summed E-state index contributed by atoms with van der Waals surface area (Å²) in [5, 5.41) is 3.32. The first-order valence-corrected chi connectivity index (χ1v) is 10.1. The van der Waals surface area contributed by atoms with Crippen molar-refractivity contribution < 1.29 is 23.8 Å². The van der Waals surface area contributed by atoms with E-state index in [1.54, 1.807) is 12.1 Å². The molecule has 1 amide bonds. The molecule has 6 nitrogen and oxygen atoms in total. The van der Waals surface area contributed by atoms with Gasteiger partial charge in [0.05, 0.1) is 24.3 Å². The van der Waals surface area contributed by atoms with Gasteiger partial charge in [-0.1, -0.05) is 29.8 Å². The standard InChI is InChI=1S/C20H22ClNO5S/c1-14-10-17(18(25-2)11-16(14)21)22-19(23)12-28-13-20(24)27-9-8-26-15-6-4-3-5-7-15/h3-7,10-11H,8-9,12-13H2,1-2H3,(H,22,23). The average molecular weight is 424 g/mol. The van der Waals surface area contributed by atoms with E-state index in [0.29, 0.717) is 16.5 Å². The molecule has 0 fully saturated rings. The number of esters is 1. The highest BCUT2D eigenvalue weighted by atomic mass is 35.5. The molecule has 0 saturated heterocycles. The van der Waals surface area contributed by atoms with Gasteiger partial charge in [-0.05, 0) is 30.7 Å². The van der Waals surface area contributed by atoms with Gasteiger partial charge in [0.2, 0.25) is 5.91 Å². The minimum Gasteiger partial charge on any atom is -0.495 e. The summed E-state index contributed by atoms with van der Waals surface area (Å²) in [4.78, 5) is 23.8. The van der Waals surface area contributed by atoms with Crippen molar-refractivity contribution in [3.05, 3.63) is 53.1 Å². The number of anilines is 1. The lowest BCUT2D eigenvalue weighted by Crippen LogP contribution is -2.18. The Morgan fingerprint density at radius 2 is 1.86 bits per heavy atom. The largest absolute Gasteiger partial charge is 0.495 e. The number of carbonyl (C=O) groups excluding carboxylic acids is 2. The Labute approximate surface area is 173 Å². The molecule has 1 N–H and O–H groups in total. The van der Waals surface area contributed by atoms with Crippen LogP contribution in [0.2, 0.25) is 5.02 Å². The second-order valence-corrected chi connectivity index (χ2v) is 7.12. The molecule has 28 heavy (non-hydrogen) atoms. The minimum atomic E-state index is -0.394. The summed E-state index contributed by atoms with van der Waals surface area (Å²) in [5.74, 6) is 0.750. The van der Waals surface area contributed by atoms with Crippen LogP contribution in [0.15, 0.2) is 42.5 Å². The van der Waals surface area contributed by atoms with Crippen molar-refractivity contribution in [1.29, 1.82) is 0 Å². The molecule has 2 aromatic carbocycles. The van der Waals surface area contributed by atoms with E-state index in [9.17, 15) is 9.59 Å². The van der Waals surface area contributed by atoms with Crippen LogP contribution in [0.1, 0.15) is 5.56 Å². The predicted octanol–water partition coefficient (Wildman–Crippen LogP) is 3.95. The van der Waals surface area contributed by atoms with Gasteiger partial charge in [0, 0.05) is 11.1 Å². The summed E-state index contributed by atoms with van der Waals surface area (Å²) in [5.41, 5.74) is 1.36. The molecule has 0 aliphatic rings. The first kappa shape index (κ1) is 21.9. The van der Waals surface area contributed by atoms with Gasteiger partial charge in [-0.3, -0.25) is 9.59 Å². The number of carbonyl (C=O) groups is 2. The Morgan fingerprint density at radius 1 is 1.11 bits per heavy atom. The normalized spacial score (nSPS) is 10.2. The fourth-order valence-corrected chi connectivity index (χ4v) is 2.98. The molecule has 8 heteroatoms. The molecule has 0 radical (unpaired) electrons. The highest BCUT2D eigenvalue weighted by Gasteiger charge is 2.12. The van der Waals surface area contributed by atoms with Gasteiger partial charge >= 0.3 is 5.97 Å². The topological polar surface area (TPSA) is 73.9 Å². The smallest absolute Gasteiger partial charge is 0.316 e. The van der Waals surface area contributed by atoms with E-state index in [2.05, 4.69) is 5.32 Å². The third-order valence-corrected chi connectivity index (χ3v) is 4.88. The van der Waals surface area contributed by atoms with Crippen LogP contribution in [0.4, 0.5) is 5.69 Å². The van der Waals surface area contributed by atoms with Crippen LogP contribution >= 0.6 is 23.4 Å². The molecule has 0 aliphatic heterocycles. The van der Waals surface area contributed by atoms with E-state index in [1.165, 1.54) is 18.9 Å². The number of amides is 1. The highest BCUT2D eigenvalue weighted by molar-refractivity contribution is 8.00. The summed E-state index contributed by atoms with van der Waals surface area (Å²) in [6.45, 7) is 2.27.